The second kappa shape index (κ2) is 5.63. The molecule has 0 fully saturated rings. The first-order valence-electron chi connectivity index (χ1n) is 5.58. The summed E-state index contributed by atoms with van der Waals surface area (Å²) in [6.45, 7) is 2.67. The maximum atomic E-state index is 5.57. The Balaban J connectivity index is 2.03. The molecule has 0 bridgehead atoms. The summed E-state index contributed by atoms with van der Waals surface area (Å²) < 4.78 is 5.57. The molecule has 2 rings (SSSR count). The van der Waals surface area contributed by atoms with Crippen molar-refractivity contribution in [3.8, 4) is 5.75 Å². The summed E-state index contributed by atoms with van der Waals surface area (Å²) in [4.78, 5) is 0. The van der Waals surface area contributed by atoms with Crippen molar-refractivity contribution in [2.75, 3.05) is 12.3 Å². The van der Waals surface area contributed by atoms with E-state index in [4.69, 9.17) is 10.5 Å². The Morgan fingerprint density at radius 3 is 2.76 bits per heavy atom. The van der Waals surface area contributed by atoms with Crippen LogP contribution in [-0.2, 0) is 12.8 Å². The highest BCUT2D eigenvalue weighted by atomic mass is 32.1. The molecule has 0 atom stereocenters. The van der Waals surface area contributed by atoms with Crippen LogP contribution in [0, 0.1) is 0 Å². The molecule has 0 aliphatic carbocycles. The zero-order valence-corrected chi connectivity index (χ0v) is 10.5. The lowest BCUT2D eigenvalue weighted by atomic mass is 10.1. The van der Waals surface area contributed by atoms with E-state index in [0.29, 0.717) is 11.7 Å². The fourth-order valence-corrected chi connectivity index (χ4v) is 2.22. The van der Waals surface area contributed by atoms with Crippen molar-refractivity contribution in [3.05, 3.63) is 34.8 Å². The van der Waals surface area contributed by atoms with Crippen LogP contribution >= 0.6 is 11.3 Å². The Bertz CT molecular complexity index is 484. The molecule has 0 unspecified atom stereocenters. The molecule has 2 aromatic rings. The van der Waals surface area contributed by atoms with Crippen molar-refractivity contribution in [1.82, 2.24) is 10.2 Å². The van der Waals surface area contributed by atoms with E-state index in [1.54, 1.807) is 0 Å². The van der Waals surface area contributed by atoms with Crippen LogP contribution in [0.5, 0.6) is 5.75 Å². The van der Waals surface area contributed by atoms with Gasteiger partial charge in [0.05, 0.1) is 6.61 Å². The summed E-state index contributed by atoms with van der Waals surface area (Å²) in [6, 6.07) is 8.08. The van der Waals surface area contributed by atoms with E-state index in [-0.39, 0.29) is 0 Å². The molecule has 0 saturated heterocycles. The molecule has 0 aliphatic rings. The minimum absolute atomic E-state index is 0.526. The van der Waals surface area contributed by atoms with E-state index in [1.165, 1.54) is 16.9 Å². The first-order chi connectivity index (χ1) is 8.29. The molecule has 0 amide bonds. The van der Waals surface area contributed by atoms with Crippen molar-refractivity contribution in [3.63, 3.8) is 0 Å². The van der Waals surface area contributed by atoms with Gasteiger partial charge in [0.2, 0.25) is 5.13 Å². The van der Waals surface area contributed by atoms with E-state index >= 15 is 0 Å². The quantitative estimate of drug-likeness (QED) is 0.883. The van der Waals surface area contributed by atoms with Crippen molar-refractivity contribution < 1.29 is 4.74 Å². The van der Waals surface area contributed by atoms with E-state index in [0.717, 1.165) is 23.6 Å². The number of benzene rings is 1. The molecular weight excluding hydrogens is 234 g/mol. The van der Waals surface area contributed by atoms with Crippen molar-refractivity contribution in [2.45, 2.75) is 19.8 Å². The summed E-state index contributed by atoms with van der Waals surface area (Å²) in [6.07, 6.45) is 1.74. The molecule has 17 heavy (non-hydrogen) atoms. The van der Waals surface area contributed by atoms with E-state index in [1.807, 2.05) is 25.1 Å². The zero-order chi connectivity index (χ0) is 12.1. The lowest BCUT2D eigenvalue weighted by Gasteiger charge is -2.08. The van der Waals surface area contributed by atoms with Crippen LogP contribution in [0.4, 0.5) is 5.13 Å². The highest BCUT2D eigenvalue weighted by Gasteiger charge is 2.05. The van der Waals surface area contributed by atoms with Crippen LogP contribution in [-0.4, -0.2) is 16.8 Å². The third-order valence-electron chi connectivity index (χ3n) is 2.36. The van der Waals surface area contributed by atoms with Crippen LogP contribution < -0.4 is 10.5 Å². The van der Waals surface area contributed by atoms with Gasteiger partial charge >= 0.3 is 0 Å². The van der Waals surface area contributed by atoms with Gasteiger partial charge in [-0.05, 0) is 25.0 Å². The van der Waals surface area contributed by atoms with Crippen LogP contribution in [0.1, 0.15) is 17.5 Å². The molecule has 2 N–H and O–H groups in total. The Labute approximate surface area is 104 Å². The van der Waals surface area contributed by atoms with E-state index in [9.17, 15) is 0 Å². The Morgan fingerprint density at radius 1 is 1.24 bits per heavy atom. The average molecular weight is 249 g/mol. The molecule has 5 heteroatoms. The third-order valence-corrected chi connectivity index (χ3v) is 3.18. The Kier molecular flexibility index (Phi) is 3.93. The van der Waals surface area contributed by atoms with E-state index < -0.39 is 0 Å². The molecule has 0 radical (unpaired) electrons. The number of aromatic nitrogens is 2. The predicted octanol–water partition coefficient (Wildman–Crippen LogP) is 2.30. The summed E-state index contributed by atoms with van der Waals surface area (Å²) in [5.74, 6) is 0.951. The molecular formula is C12H15N3OS. The van der Waals surface area contributed by atoms with E-state index in [2.05, 4.69) is 16.3 Å². The van der Waals surface area contributed by atoms with Crippen LogP contribution in [0.25, 0.3) is 0 Å². The number of para-hydroxylation sites is 1. The fourth-order valence-electron chi connectivity index (χ4n) is 1.62. The Hall–Kier alpha value is -1.62. The number of rotatable bonds is 5. The van der Waals surface area contributed by atoms with Gasteiger partial charge in [0.25, 0.3) is 0 Å². The summed E-state index contributed by atoms with van der Waals surface area (Å²) in [7, 11) is 0. The van der Waals surface area contributed by atoms with Gasteiger partial charge in [-0.2, -0.15) is 0 Å². The normalized spacial score (nSPS) is 10.4. The second-order valence-corrected chi connectivity index (χ2v) is 4.67. The standard InChI is InChI=1S/C12H15N3OS/c1-2-16-10-6-4-3-5-9(10)7-8-11-14-15-12(13)17-11/h3-6H,2,7-8H2,1H3,(H2,13,15). The van der Waals surface area contributed by atoms with Gasteiger partial charge in [-0.1, -0.05) is 29.5 Å². The number of nitrogens with zero attached hydrogens (tertiary/aromatic N) is 2. The van der Waals surface area contributed by atoms with Gasteiger partial charge in [0.1, 0.15) is 10.8 Å². The maximum Gasteiger partial charge on any atom is 0.203 e. The van der Waals surface area contributed by atoms with Gasteiger partial charge in [0, 0.05) is 6.42 Å². The molecule has 4 nitrogen and oxygen atoms in total. The van der Waals surface area contributed by atoms with Gasteiger partial charge in [-0.15, -0.1) is 10.2 Å². The van der Waals surface area contributed by atoms with Crippen molar-refractivity contribution in [1.29, 1.82) is 0 Å². The summed E-state index contributed by atoms with van der Waals surface area (Å²) in [5.41, 5.74) is 6.74. The number of hydrogen-bond donors (Lipinski definition) is 1. The average Bonchev–Trinajstić information content (AvgIpc) is 2.74. The van der Waals surface area contributed by atoms with Crippen LogP contribution in [0.3, 0.4) is 0 Å². The number of anilines is 1. The number of nitrogens with two attached hydrogens (primary N) is 1. The molecule has 1 aromatic heterocycles. The molecule has 0 aliphatic heterocycles. The molecule has 0 saturated carbocycles. The smallest absolute Gasteiger partial charge is 0.203 e. The number of ether oxygens (including phenoxy) is 1. The zero-order valence-electron chi connectivity index (χ0n) is 9.72. The molecule has 0 spiro atoms. The highest BCUT2D eigenvalue weighted by molar-refractivity contribution is 7.15. The number of aryl methyl sites for hydroxylation is 2. The lowest BCUT2D eigenvalue weighted by Crippen LogP contribution is -1.98. The highest BCUT2D eigenvalue weighted by Crippen LogP contribution is 2.21. The van der Waals surface area contributed by atoms with Crippen LogP contribution in [0.2, 0.25) is 0 Å². The first kappa shape index (κ1) is 11.9. The van der Waals surface area contributed by atoms with Crippen molar-refractivity contribution >= 4 is 16.5 Å². The van der Waals surface area contributed by atoms with Crippen LogP contribution in [0.15, 0.2) is 24.3 Å². The molecule has 90 valence electrons. The third kappa shape index (κ3) is 3.17. The minimum atomic E-state index is 0.526. The monoisotopic (exact) mass is 249 g/mol. The van der Waals surface area contributed by atoms with Gasteiger partial charge < -0.3 is 10.5 Å². The van der Waals surface area contributed by atoms with Gasteiger partial charge in [0.15, 0.2) is 0 Å². The van der Waals surface area contributed by atoms with Crippen molar-refractivity contribution in [2.24, 2.45) is 0 Å². The summed E-state index contributed by atoms with van der Waals surface area (Å²) in [5, 5.41) is 9.30. The fraction of sp³-hybridized carbons (Fsp3) is 0.333. The maximum absolute atomic E-state index is 5.57. The lowest BCUT2D eigenvalue weighted by molar-refractivity contribution is 0.336. The van der Waals surface area contributed by atoms with Gasteiger partial charge in [-0.3, -0.25) is 0 Å². The number of nitrogen functional groups attached to an aromatic ring is 1. The topological polar surface area (TPSA) is 61.0 Å². The second-order valence-electron chi connectivity index (χ2n) is 3.57. The summed E-state index contributed by atoms with van der Waals surface area (Å²) >= 11 is 1.44. The molecule has 1 aromatic carbocycles. The van der Waals surface area contributed by atoms with Gasteiger partial charge in [-0.25, -0.2) is 0 Å². The molecule has 1 heterocycles. The largest absolute Gasteiger partial charge is 0.494 e. The predicted molar refractivity (Wildman–Crippen MR) is 69.3 cm³/mol. The first-order valence-corrected chi connectivity index (χ1v) is 6.39. The minimum Gasteiger partial charge on any atom is -0.494 e. The SMILES string of the molecule is CCOc1ccccc1CCc1nnc(N)s1. The number of hydrogen-bond acceptors (Lipinski definition) is 5. The Morgan fingerprint density at radius 2 is 2.06 bits per heavy atom.